The number of thiophene rings is 1. The second-order valence-corrected chi connectivity index (χ2v) is 9.79. The molecule has 10 heteroatoms. The predicted octanol–water partition coefficient (Wildman–Crippen LogP) is 3.79. The van der Waals surface area contributed by atoms with Crippen molar-refractivity contribution in [2.75, 3.05) is 24.2 Å². The van der Waals surface area contributed by atoms with Gasteiger partial charge in [-0.2, -0.15) is 0 Å². The number of hydrogen-bond donors (Lipinski definition) is 3. The standard InChI is InChI=1S/C22H23N3O5S2/c1-13-14(2)31-22(19(13)21(27)23-3)24-20(26)15-5-7-16(8-6-15)25-32(28,29)18-11-9-17(30-4)10-12-18/h5-12,25H,1-4H3,(H,23,27)(H,24,26). The van der Waals surface area contributed by atoms with Gasteiger partial charge >= 0.3 is 0 Å². The van der Waals surface area contributed by atoms with Crippen molar-refractivity contribution >= 4 is 43.9 Å². The molecule has 0 saturated heterocycles. The molecule has 0 aliphatic rings. The minimum absolute atomic E-state index is 0.0882. The molecule has 0 unspecified atom stereocenters. The van der Waals surface area contributed by atoms with E-state index in [-0.39, 0.29) is 10.8 Å². The van der Waals surface area contributed by atoms with Gasteiger partial charge in [-0.3, -0.25) is 14.3 Å². The van der Waals surface area contributed by atoms with Gasteiger partial charge in [-0.1, -0.05) is 0 Å². The third kappa shape index (κ3) is 4.92. The second kappa shape index (κ2) is 9.41. The summed E-state index contributed by atoms with van der Waals surface area (Å²) in [6, 6.07) is 12.0. The van der Waals surface area contributed by atoms with Crippen molar-refractivity contribution in [3.8, 4) is 5.75 Å². The highest BCUT2D eigenvalue weighted by Gasteiger charge is 2.21. The van der Waals surface area contributed by atoms with E-state index in [0.29, 0.717) is 27.6 Å². The quantitative estimate of drug-likeness (QED) is 0.483. The number of methoxy groups -OCH3 is 1. The lowest BCUT2D eigenvalue weighted by Crippen LogP contribution is -2.21. The number of carbonyl (C=O) groups is 2. The monoisotopic (exact) mass is 473 g/mol. The van der Waals surface area contributed by atoms with E-state index in [0.717, 1.165) is 10.4 Å². The fraction of sp³-hybridized carbons (Fsp3) is 0.182. The zero-order valence-corrected chi connectivity index (χ0v) is 19.6. The minimum Gasteiger partial charge on any atom is -0.497 e. The van der Waals surface area contributed by atoms with Crippen molar-refractivity contribution in [2.45, 2.75) is 18.7 Å². The van der Waals surface area contributed by atoms with Gasteiger partial charge in [0.15, 0.2) is 0 Å². The first-order valence-corrected chi connectivity index (χ1v) is 11.9. The third-order valence-electron chi connectivity index (χ3n) is 4.84. The van der Waals surface area contributed by atoms with Gasteiger partial charge in [-0.25, -0.2) is 8.42 Å². The SMILES string of the molecule is CNC(=O)c1c(NC(=O)c2ccc(NS(=O)(=O)c3ccc(OC)cc3)cc2)sc(C)c1C. The Balaban J connectivity index is 1.75. The average molecular weight is 474 g/mol. The summed E-state index contributed by atoms with van der Waals surface area (Å²) in [4.78, 5) is 25.9. The van der Waals surface area contributed by atoms with E-state index in [1.807, 2.05) is 13.8 Å². The van der Waals surface area contributed by atoms with Crippen LogP contribution in [0.5, 0.6) is 5.75 Å². The van der Waals surface area contributed by atoms with Gasteiger partial charge < -0.3 is 15.4 Å². The number of anilines is 2. The van der Waals surface area contributed by atoms with Crippen LogP contribution < -0.4 is 20.1 Å². The van der Waals surface area contributed by atoms with Gasteiger partial charge in [0, 0.05) is 23.2 Å². The first-order chi connectivity index (χ1) is 15.2. The van der Waals surface area contributed by atoms with Crippen LogP contribution in [0.3, 0.4) is 0 Å². The Kier molecular flexibility index (Phi) is 6.85. The lowest BCUT2D eigenvalue weighted by molar-refractivity contribution is 0.0963. The van der Waals surface area contributed by atoms with Crippen LogP contribution in [0.15, 0.2) is 53.4 Å². The summed E-state index contributed by atoms with van der Waals surface area (Å²) in [7, 11) is -0.756. The fourth-order valence-electron chi connectivity index (χ4n) is 2.95. The van der Waals surface area contributed by atoms with Gasteiger partial charge in [-0.05, 0) is 67.9 Å². The minimum atomic E-state index is -3.79. The Morgan fingerprint density at radius 2 is 1.56 bits per heavy atom. The van der Waals surface area contributed by atoms with Crippen LogP contribution in [0.25, 0.3) is 0 Å². The molecular formula is C22H23N3O5S2. The summed E-state index contributed by atoms with van der Waals surface area (Å²) in [5.74, 6) is -0.124. The summed E-state index contributed by atoms with van der Waals surface area (Å²) in [6.07, 6.45) is 0. The third-order valence-corrected chi connectivity index (χ3v) is 7.36. The Bertz CT molecular complexity index is 1250. The van der Waals surface area contributed by atoms with Gasteiger partial charge in [0.25, 0.3) is 21.8 Å². The Hall–Kier alpha value is -3.37. The molecule has 0 aliphatic carbocycles. The highest BCUT2D eigenvalue weighted by Crippen LogP contribution is 2.32. The number of hydrogen-bond acceptors (Lipinski definition) is 6. The summed E-state index contributed by atoms with van der Waals surface area (Å²) in [6.45, 7) is 3.71. The number of sulfonamides is 1. The molecule has 3 aromatic rings. The maximum absolute atomic E-state index is 12.7. The molecule has 0 radical (unpaired) electrons. The molecule has 2 amide bonds. The highest BCUT2D eigenvalue weighted by atomic mass is 32.2. The van der Waals surface area contributed by atoms with Crippen molar-refractivity contribution in [3.05, 3.63) is 70.1 Å². The number of amides is 2. The van der Waals surface area contributed by atoms with Crippen molar-refractivity contribution in [1.29, 1.82) is 0 Å². The Morgan fingerprint density at radius 1 is 0.938 bits per heavy atom. The smallest absolute Gasteiger partial charge is 0.261 e. The summed E-state index contributed by atoms with van der Waals surface area (Å²) >= 11 is 1.33. The summed E-state index contributed by atoms with van der Waals surface area (Å²) in [5, 5.41) is 5.82. The molecule has 0 fully saturated rings. The molecule has 8 nitrogen and oxygen atoms in total. The van der Waals surface area contributed by atoms with Crippen molar-refractivity contribution in [2.24, 2.45) is 0 Å². The summed E-state index contributed by atoms with van der Waals surface area (Å²) < 4.78 is 32.6. The molecule has 1 heterocycles. The molecular weight excluding hydrogens is 450 g/mol. The fourth-order valence-corrected chi connectivity index (χ4v) is 5.06. The first-order valence-electron chi connectivity index (χ1n) is 9.56. The number of ether oxygens (including phenoxy) is 1. The van der Waals surface area contributed by atoms with E-state index >= 15 is 0 Å². The van der Waals surface area contributed by atoms with Gasteiger partial charge in [0.2, 0.25) is 0 Å². The molecule has 168 valence electrons. The van der Waals surface area contributed by atoms with E-state index < -0.39 is 15.9 Å². The maximum atomic E-state index is 12.7. The van der Waals surface area contributed by atoms with Crippen LogP contribution >= 0.6 is 11.3 Å². The first kappa shape index (κ1) is 23.3. The van der Waals surface area contributed by atoms with E-state index in [9.17, 15) is 18.0 Å². The molecule has 2 aromatic carbocycles. The van der Waals surface area contributed by atoms with Crippen molar-refractivity contribution in [3.63, 3.8) is 0 Å². The van der Waals surface area contributed by atoms with Crippen molar-refractivity contribution < 1.29 is 22.7 Å². The van der Waals surface area contributed by atoms with Gasteiger partial charge in [0.1, 0.15) is 10.8 Å². The van der Waals surface area contributed by atoms with E-state index in [2.05, 4.69) is 15.4 Å². The second-order valence-electron chi connectivity index (χ2n) is 6.88. The zero-order valence-electron chi connectivity index (χ0n) is 18.0. The maximum Gasteiger partial charge on any atom is 0.261 e. The van der Waals surface area contributed by atoms with E-state index in [4.69, 9.17) is 4.74 Å². The van der Waals surface area contributed by atoms with E-state index in [1.165, 1.54) is 61.9 Å². The number of rotatable bonds is 7. The van der Waals surface area contributed by atoms with Crippen LogP contribution in [0, 0.1) is 13.8 Å². The average Bonchev–Trinajstić information content (AvgIpc) is 3.06. The summed E-state index contributed by atoms with van der Waals surface area (Å²) in [5.41, 5.74) is 1.88. The molecule has 0 saturated carbocycles. The van der Waals surface area contributed by atoms with Crippen LogP contribution in [0.4, 0.5) is 10.7 Å². The Labute approximate surface area is 190 Å². The van der Waals surface area contributed by atoms with Crippen LogP contribution in [-0.4, -0.2) is 34.4 Å². The molecule has 0 atom stereocenters. The predicted molar refractivity (Wildman–Crippen MR) is 125 cm³/mol. The molecule has 3 rings (SSSR count). The topological polar surface area (TPSA) is 114 Å². The number of aryl methyl sites for hydroxylation is 1. The largest absolute Gasteiger partial charge is 0.497 e. The molecule has 1 aromatic heterocycles. The van der Waals surface area contributed by atoms with Crippen LogP contribution in [0.2, 0.25) is 0 Å². The number of nitrogens with one attached hydrogen (secondary N) is 3. The molecule has 0 aliphatic heterocycles. The van der Waals surface area contributed by atoms with Crippen LogP contribution in [-0.2, 0) is 10.0 Å². The molecule has 3 N–H and O–H groups in total. The number of benzene rings is 2. The Morgan fingerprint density at radius 3 is 2.12 bits per heavy atom. The van der Waals surface area contributed by atoms with Crippen LogP contribution in [0.1, 0.15) is 31.2 Å². The van der Waals surface area contributed by atoms with Gasteiger partial charge in [0.05, 0.1) is 17.6 Å². The molecule has 0 spiro atoms. The number of carbonyl (C=O) groups excluding carboxylic acids is 2. The molecule has 32 heavy (non-hydrogen) atoms. The van der Waals surface area contributed by atoms with E-state index in [1.54, 1.807) is 12.1 Å². The molecule has 0 bridgehead atoms. The van der Waals surface area contributed by atoms with Gasteiger partial charge in [-0.15, -0.1) is 11.3 Å². The van der Waals surface area contributed by atoms with Crippen molar-refractivity contribution in [1.82, 2.24) is 5.32 Å². The zero-order chi connectivity index (χ0) is 23.5. The normalized spacial score (nSPS) is 11.0. The lowest BCUT2D eigenvalue weighted by Gasteiger charge is -2.10. The lowest BCUT2D eigenvalue weighted by atomic mass is 10.1. The highest BCUT2D eigenvalue weighted by molar-refractivity contribution is 7.92.